The zero-order valence-electron chi connectivity index (χ0n) is 15.4. The second-order valence-electron chi connectivity index (χ2n) is 7.27. The first kappa shape index (κ1) is 20.5. The van der Waals surface area contributed by atoms with Crippen LogP contribution in [0.1, 0.15) is 103 Å². The highest BCUT2D eigenvalue weighted by Crippen LogP contribution is 2.15. The Balaban J connectivity index is 1.77. The number of aliphatic hydroxyl groups excluding tert-OH is 1. The molecule has 0 radical (unpaired) electrons. The summed E-state index contributed by atoms with van der Waals surface area (Å²) in [6.45, 7) is 3.57. The highest BCUT2D eigenvalue weighted by atomic mass is 16.3. The number of rotatable bonds is 14. The molecule has 0 spiro atoms. The number of hydrogen-bond acceptors (Lipinski definition) is 2. The first-order valence-corrected chi connectivity index (χ1v) is 10.2. The molecule has 1 atom stereocenters. The fraction of sp³-hybridized carbons (Fsp3) is 0.950. The summed E-state index contributed by atoms with van der Waals surface area (Å²) in [4.78, 5) is 13.7. The normalized spacial score (nSPS) is 17.8. The number of likely N-dealkylation sites (tertiary alicyclic amines) is 1. The number of β-amino-alcohol motifs (C(OH)–C–C–N with tert-alkyl or cyclic N) is 1. The van der Waals surface area contributed by atoms with Crippen molar-refractivity contribution in [3.63, 3.8) is 0 Å². The summed E-state index contributed by atoms with van der Waals surface area (Å²) in [5, 5.41) is 9.44. The van der Waals surface area contributed by atoms with Gasteiger partial charge in [0.15, 0.2) is 0 Å². The first-order chi connectivity index (χ1) is 11.2. The SMILES string of the molecule is CCCCCCCCCCCCCCCC(=O)N1CCC(O)C1. The molecule has 0 saturated carbocycles. The smallest absolute Gasteiger partial charge is 0.222 e. The fourth-order valence-corrected chi connectivity index (χ4v) is 3.42. The maximum absolute atomic E-state index is 11.9. The van der Waals surface area contributed by atoms with E-state index < -0.39 is 0 Å². The van der Waals surface area contributed by atoms with Crippen LogP contribution in [0.5, 0.6) is 0 Å². The van der Waals surface area contributed by atoms with E-state index in [0.717, 1.165) is 19.4 Å². The van der Waals surface area contributed by atoms with E-state index in [0.29, 0.717) is 13.0 Å². The van der Waals surface area contributed by atoms with Gasteiger partial charge < -0.3 is 10.0 Å². The quantitative estimate of drug-likeness (QED) is 0.453. The molecular formula is C20H39NO2. The van der Waals surface area contributed by atoms with Crippen LogP contribution in [0.25, 0.3) is 0 Å². The summed E-state index contributed by atoms with van der Waals surface area (Å²) in [6.07, 6.45) is 18.5. The van der Waals surface area contributed by atoms with Gasteiger partial charge in [-0.1, -0.05) is 84.0 Å². The molecule has 1 aliphatic heterocycles. The van der Waals surface area contributed by atoms with Crippen molar-refractivity contribution in [2.45, 2.75) is 109 Å². The molecule has 1 saturated heterocycles. The number of amides is 1. The largest absolute Gasteiger partial charge is 0.391 e. The Morgan fingerprint density at radius 2 is 1.35 bits per heavy atom. The summed E-state index contributed by atoms with van der Waals surface area (Å²) >= 11 is 0. The number of unbranched alkanes of at least 4 members (excludes halogenated alkanes) is 12. The van der Waals surface area contributed by atoms with Crippen molar-refractivity contribution in [2.24, 2.45) is 0 Å². The van der Waals surface area contributed by atoms with E-state index in [-0.39, 0.29) is 12.0 Å². The number of carbonyl (C=O) groups excluding carboxylic acids is 1. The van der Waals surface area contributed by atoms with Gasteiger partial charge in [-0.15, -0.1) is 0 Å². The zero-order valence-corrected chi connectivity index (χ0v) is 15.4. The molecule has 1 heterocycles. The number of nitrogens with zero attached hydrogens (tertiary/aromatic N) is 1. The Hall–Kier alpha value is -0.570. The monoisotopic (exact) mass is 325 g/mol. The summed E-state index contributed by atoms with van der Waals surface area (Å²) in [5.74, 6) is 0.240. The van der Waals surface area contributed by atoms with Gasteiger partial charge in [-0.3, -0.25) is 4.79 Å². The Kier molecular flexibility index (Phi) is 12.3. The molecule has 1 amide bonds. The minimum atomic E-state index is -0.286. The molecule has 23 heavy (non-hydrogen) atoms. The molecule has 0 bridgehead atoms. The van der Waals surface area contributed by atoms with Gasteiger partial charge in [0.25, 0.3) is 0 Å². The second kappa shape index (κ2) is 13.8. The molecule has 136 valence electrons. The van der Waals surface area contributed by atoms with Crippen molar-refractivity contribution >= 4 is 5.91 Å². The minimum absolute atomic E-state index is 0.240. The van der Waals surface area contributed by atoms with E-state index in [1.807, 2.05) is 4.90 Å². The van der Waals surface area contributed by atoms with Gasteiger partial charge in [-0.05, 0) is 12.8 Å². The van der Waals surface area contributed by atoms with Crippen molar-refractivity contribution in [3.05, 3.63) is 0 Å². The standard InChI is InChI=1S/C20H39NO2/c1-2-3-4-5-6-7-8-9-10-11-12-13-14-15-20(23)21-17-16-19(22)18-21/h19,22H,2-18H2,1H3. The van der Waals surface area contributed by atoms with Crippen molar-refractivity contribution in [1.29, 1.82) is 0 Å². The number of aliphatic hydroxyl groups is 1. The third-order valence-electron chi connectivity index (χ3n) is 5.01. The molecule has 0 aromatic carbocycles. The zero-order chi connectivity index (χ0) is 16.8. The third-order valence-corrected chi connectivity index (χ3v) is 5.01. The van der Waals surface area contributed by atoms with Crippen LogP contribution < -0.4 is 0 Å². The summed E-state index contributed by atoms with van der Waals surface area (Å²) in [6, 6.07) is 0. The predicted octanol–water partition coefficient (Wildman–Crippen LogP) is 5.06. The Bertz CT molecular complexity index is 293. The van der Waals surface area contributed by atoms with E-state index in [4.69, 9.17) is 0 Å². The van der Waals surface area contributed by atoms with Gasteiger partial charge in [0.1, 0.15) is 0 Å². The van der Waals surface area contributed by atoms with Crippen LogP contribution in [0.4, 0.5) is 0 Å². The van der Waals surface area contributed by atoms with Gasteiger partial charge in [-0.2, -0.15) is 0 Å². The highest BCUT2D eigenvalue weighted by Gasteiger charge is 2.23. The molecule has 1 rings (SSSR count). The Labute approximate surface area is 143 Å². The molecule has 1 aliphatic rings. The van der Waals surface area contributed by atoms with E-state index in [1.54, 1.807) is 0 Å². The molecule has 3 heteroatoms. The van der Waals surface area contributed by atoms with Gasteiger partial charge in [0, 0.05) is 19.5 Å². The average molecular weight is 326 g/mol. The van der Waals surface area contributed by atoms with Crippen LogP contribution in [0.2, 0.25) is 0 Å². The number of carbonyl (C=O) groups is 1. The lowest BCUT2D eigenvalue weighted by molar-refractivity contribution is -0.130. The summed E-state index contributed by atoms with van der Waals surface area (Å²) in [7, 11) is 0. The van der Waals surface area contributed by atoms with Crippen LogP contribution in [-0.4, -0.2) is 35.1 Å². The van der Waals surface area contributed by atoms with Crippen LogP contribution in [-0.2, 0) is 4.79 Å². The highest BCUT2D eigenvalue weighted by molar-refractivity contribution is 5.76. The van der Waals surface area contributed by atoms with Crippen LogP contribution in [0, 0.1) is 0 Å². The molecule has 1 N–H and O–H groups in total. The summed E-state index contributed by atoms with van der Waals surface area (Å²) in [5.41, 5.74) is 0. The average Bonchev–Trinajstić information content (AvgIpc) is 2.98. The molecule has 0 aromatic rings. The van der Waals surface area contributed by atoms with Crippen LogP contribution in [0.3, 0.4) is 0 Å². The van der Waals surface area contributed by atoms with Gasteiger partial charge in [-0.25, -0.2) is 0 Å². The first-order valence-electron chi connectivity index (χ1n) is 10.2. The van der Waals surface area contributed by atoms with Crippen molar-refractivity contribution < 1.29 is 9.90 Å². The maximum Gasteiger partial charge on any atom is 0.222 e. The number of hydrogen-bond donors (Lipinski definition) is 1. The van der Waals surface area contributed by atoms with Crippen LogP contribution >= 0.6 is 0 Å². The van der Waals surface area contributed by atoms with Crippen molar-refractivity contribution in [3.8, 4) is 0 Å². The van der Waals surface area contributed by atoms with E-state index in [2.05, 4.69) is 6.92 Å². The lowest BCUT2D eigenvalue weighted by atomic mass is 10.0. The van der Waals surface area contributed by atoms with Crippen molar-refractivity contribution in [1.82, 2.24) is 4.90 Å². The molecule has 1 fully saturated rings. The second-order valence-corrected chi connectivity index (χ2v) is 7.27. The molecule has 0 aromatic heterocycles. The third kappa shape index (κ3) is 10.8. The lowest BCUT2D eigenvalue weighted by Gasteiger charge is -2.15. The van der Waals surface area contributed by atoms with Gasteiger partial charge in [0.2, 0.25) is 5.91 Å². The fourth-order valence-electron chi connectivity index (χ4n) is 3.42. The Morgan fingerprint density at radius 3 is 1.78 bits per heavy atom. The molecule has 1 unspecified atom stereocenters. The van der Waals surface area contributed by atoms with Gasteiger partial charge in [0.05, 0.1) is 6.10 Å². The van der Waals surface area contributed by atoms with E-state index in [9.17, 15) is 9.90 Å². The van der Waals surface area contributed by atoms with E-state index in [1.165, 1.54) is 77.0 Å². The van der Waals surface area contributed by atoms with Gasteiger partial charge >= 0.3 is 0 Å². The molecule has 0 aliphatic carbocycles. The molecular weight excluding hydrogens is 286 g/mol. The topological polar surface area (TPSA) is 40.5 Å². The minimum Gasteiger partial charge on any atom is -0.391 e. The summed E-state index contributed by atoms with van der Waals surface area (Å²) < 4.78 is 0. The van der Waals surface area contributed by atoms with Crippen LogP contribution in [0.15, 0.2) is 0 Å². The maximum atomic E-state index is 11.9. The van der Waals surface area contributed by atoms with E-state index >= 15 is 0 Å². The predicted molar refractivity (Wildman–Crippen MR) is 97.5 cm³/mol. The Morgan fingerprint density at radius 1 is 0.870 bits per heavy atom. The van der Waals surface area contributed by atoms with Crippen molar-refractivity contribution in [2.75, 3.05) is 13.1 Å². The lowest BCUT2D eigenvalue weighted by Crippen LogP contribution is -2.29. The molecule has 3 nitrogen and oxygen atoms in total.